The van der Waals surface area contributed by atoms with E-state index in [-0.39, 0.29) is 5.91 Å². The van der Waals surface area contributed by atoms with E-state index in [9.17, 15) is 9.59 Å². The van der Waals surface area contributed by atoms with Crippen molar-refractivity contribution < 1.29 is 23.8 Å². The van der Waals surface area contributed by atoms with Crippen LogP contribution in [0.1, 0.15) is 23.1 Å². The van der Waals surface area contributed by atoms with Gasteiger partial charge in [-0.3, -0.25) is 15.0 Å². The third kappa shape index (κ3) is 6.31. The van der Waals surface area contributed by atoms with Crippen LogP contribution in [-0.2, 0) is 28.9 Å². The Bertz CT molecular complexity index is 917. The van der Waals surface area contributed by atoms with Gasteiger partial charge in [0.1, 0.15) is 0 Å². The topological polar surface area (TPSA) is 102 Å². The predicted molar refractivity (Wildman–Crippen MR) is 118 cm³/mol. The molecule has 0 unspecified atom stereocenters. The Kier molecular flexibility index (Phi) is 8.07. The number of fused-ring (bicyclic) bond motifs is 1. The highest BCUT2D eigenvalue weighted by atomic mass is 32.1. The minimum absolute atomic E-state index is 0.0154. The zero-order valence-corrected chi connectivity index (χ0v) is 18.8. The number of anilines is 1. The Balaban J connectivity index is 1.44. The molecule has 3 rings (SSSR count). The van der Waals surface area contributed by atoms with Crippen LogP contribution in [0.3, 0.4) is 0 Å². The summed E-state index contributed by atoms with van der Waals surface area (Å²) in [7, 11) is 3.21. The molecule has 1 aromatic heterocycles. The van der Waals surface area contributed by atoms with Crippen molar-refractivity contribution in [2.75, 3.05) is 45.8 Å². The van der Waals surface area contributed by atoms with Gasteiger partial charge in [0.2, 0.25) is 5.91 Å². The van der Waals surface area contributed by atoms with Crippen LogP contribution in [0.4, 0.5) is 9.93 Å². The molecule has 0 spiro atoms. The number of methoxy groups -OCH3 is 2. The number of benzene rings is 1. The van der Waals surface area contributed by atoms with E-state index in [1.54, 1.807) is 21.1 Å². The summed E-state index contributed by atoms with van der Waals surface area (Å²) in [5.74, 6) is 1.35. The zero-order valence-electron chi connectivity index (χ0n) is 18.0. The van der Waals surface area contributed by atoms with E-state index in [2.05, 4.69) is 20.5 Å². The van der Waals surface area contributed by atoms with E-state index >= 15 is 0 Å². The van der Waals surface area contributed by atoms with Gasteiger partial charge in [-0.25, -0.2) is 9.78 Å². The highest BCUT2D eigenvalue weighted by Crippen LogP contribution is 2.29. The largest absolute Gasteiger partial charge is 0.493 e. The molecule has 1 aliphatic heterocycles. The van der Waals surface area contributed by atoms with Gasteiger partial charge in [-0.15, -0.1) is 0 Å². The van der Waals surface area contributed by atoms with E-state index in [0.29, 0.717) is 49.3 Å². The van der Waals surface area contributed by atoms with Crippen molar-refractivity contribution >= 4 is 28.5 Å². The minimum Gasteiger partial charge on any atom is -0.493 e. The molecule has 2 aromatic rings. The van der Waals surface area contributed by atoms with Crippen molar-refractivity contribution in [2.45, 2.75) is 26.3 Å². The number of thiazole rings is 1. The second-order valence-electron chi connectivity index (χ2n) is 6.98. The highest BCUT2D eigenvalue weighted by Gasteiger charge is 2.23. The lowest BCUT2D eigenvalue weighted by Crippen LogP contribution is -2.40. The molecule has 31 heavy (non-hydrogen) atoms. The third-order valence-corrected chi connectivity index (χ3v) is 5.84. The van der Waals surface area contributed by atoms with Gasteiger partial charge in [-0.1, -0.05) is 17.4 Å². The number of amides is 2. The molecule has 0 aliphatic carbocycles. The van der Waals surface area contributed by atoms with Gasteiger partial charge in [-0.05, 0) is 31.0 Å². The van der Waals surface area contributed by atoms with Crippen LogP contribution >= 0.6 is 11.3 Å². The van der Waals surface area contributed by atoms with E-state index in [1.165, 1.54) is 11.3 Å². The van der Waals surface area contributed by atoms with Crippen molar-refractivity contribution in [3.8, 4) is 11.5 Å². The van der Waals surface area contributed by atoms with Crippen LogP contribution in [0, 0.1) is 0 Å². The lowest BCUT2D eigenvalue weighted by Gasteiger charge is -2.25. The minimum atomic E-state index is -0.501. The third-order valence-electron chi connectivity index (χ3n) is 4.85. The molecule has 2 heterocycles. The van der Waals surface area contributed by atoms with Gasteiger partial charge >= 0.3 is 6.09 Å². The molecular weight excluding hydrogens is 420 g/mol. The number of hydrogen-bond acceptors (Lipinski definition) is 8. The second-order valence-corrected chi connectivity index (χ2v) is 8.07. The van der Waals surface area contributed by atoms with Crippen molar-refractivity contribution in [1.29, 1.82) is 0 Å². The summed E-state index contributed by atoms with van der Waals surface area (Å²) in [6, 6.07) is 5.75. The first-order chi connectivity index (χ1) is 15.0. The quantitative estimate of drug-likeness (QED) is 0.607. The first-order valence-corrected chi connectivity index (χ1v) is 11.0. The fourth-order valence-corrected chi connectivity index (χ4v) is 4.37. The fraction of sp³-hybridized carbons (Fsp3) is 0.476. The Morgan fingerprint density at radius 3 is 2.77 bits per heavy atom. The molecule has 2 amide bonds. The van der Waals surface area contributed by atoms with E-state index < -0.39 is 6.09 Å². The maximum Gasteiger partial charge on any atom is 0.413 e. The second kappa shape index (κ2) is 11.0. The van der Waals surface area contributed by atoms with Crippen molar-refractivity contribution in [3.63, 3.8) is 0 Å². The van der Waals surface area contributed by atoms with Crippen LogP contribution in [0.5, 0.6) is 11.5 Å². The molecule has 0 bridgehead atoms. The zero-order chi connectivity index (χ0) is 22.2. The summed E-state index contributed by atoms with van der Waals surface area (Å²) in [6.45, 7) is 4.32. The van der Waals surface area contributed by atoms with Gasteiger partial charge in [-0.2, -0.15) is 0 Å². The van der Waals surface area contributed by atoms with Crippen LogP contribution in [0.2, 0.25) is 0 Å². The van der Waals surface area contributed by atoms with Gasteiger partial charge in [0.15, 0.2) is 16.6 Å². The van der Waals surface area contributed by atoms with Gasteiger partial charge in [0.25, 0.3) is 0 Å². The molecule has 0 radical (unpaired) electrons. The molecule has 0 fully saturated rings. The molecule has 10 heteroatoms. The van der Waals surface area contributed by atoms with Crippen LogP contribution in [0.15, 0.2) is 18.2 Å². The first kappa shape index (κ1) is 22.8. The molecule has 0 atom stereocenters. The number of carbonyl (C=O) groups is 2. The number of aromatic nitrogens is 1. The first-order valence-electron chi connectivity index (χ1n) is 10.1. The van der Waals surface area contributed by atoms with Crippen molar-refractivity contribution in [3.05, 3.63) is 34.3 Å². The number of carbonyl (C=O) groups excluding carboxylic acids is 2. The van der Waals surface area contributed by atoms with Crippen molar-refractivity contribution in [2.24, 2.45) is 0 Å². The number of nitrogens with one attached hydrogen (secondary N) is 2. The molecule has 168 valence electrons. The van der Waals surface area contributed by atoms with Gasteiger partial charge in [0.05, 0.1) is 33.1 Å². The maximum absolute atomic E-state index is 12.4. The average molecular weight is 449 g/mol. The molecule has 9 nitrogen and oxygen atoms in total. The Labute approximate surface area is 185 Å². The van der Waals surface area contributed by atoms with Gasteiger partial charge in [0, 0.05) is 30.9 Å². The lowest BCUT2D eigenvalue weighted by molar-refractivity contribution is -0.122. The lowest BCUT2D eigenvalue weighted by atomic mass is 10.1. The molecule has 1 aliphatic rings. The SMILES string of the molecule is CCOC(=O)Nc1nc2c(s1)CN(CC(=O)NCCc1ccc(OC)c(OC)c1)CC2. The summed E-state index contributed by atoms with van der Waals surface area (Å²) >= 11 is 1.42. The molecule has 1 aromatic carbocycles. The van der Waals surface area contributed by atoms with E-state index in [0.717, 1.165) is 29.1 Å². The monoisotopic (exact) mass is 448 g/mol. The van der Waals surface area contributed by atoms with Crippen LogP contribution < -0.4 is 20.1 Å². The number of nitrogens with zero attached hydrogens (tertiary/aromatic N) is 2. The summed E-state index contributed by atoms with van der Waals surface area (Å²) in [4.78, 5) is 31.5. The van der Waals surface area contributed by atoms with E-state index in [4.69, 9.17) is 14.2 Å². The number of rotatable bonds is 9. The van der Waals surface area contributed by atoms with Gasteiger partial charge < -0.3 is 19.5 Å². The summed E-state index contributed by atoms with van der Waals surface area (Å²) in [6.07, 6.45) is 0.947. The fourth-order valence-electron chi connectivity index (χ4n) is 3.33. The van der Waals surface area contributed by atoms with Crippen LogP contribution in [-0.4, -0.2) is 62.3 Å². The van der Waals surface area contributed by atoms with Crippen LogP contribution in [0.25, 0.3) is 0 Å². The number of hydrogen-bond donors (Lipinski definition) is 2. The average Bonchev–Trinajstić information content (AvgIpc) is 3.15. The Morgan fingerprint density at radius 2 is 2.03 bits per heavy atom. The summed E-state index contributed by atoms with van der Waals surface area (Å²) in [5.41, 5.74) is 2.04. The highest BCUT2D eigenvalue weighted by molar-refractivity contribution is 7.15. The maximum atomic E-state index is 12.4. The smallest absolute Gasteiger partial charge is 0.413 e. The standard InChI is InChI=1S/C21H28N4O5S/c1-4-30-21(27)24-20-23-15-8-10-25(12-18(15)31-20)13-19(26)22-9-7-14-5-6-16(28-2)17(11-14)29-3/h5-6,11H,4,7-10,12-13H2,1-3H3,(H,22,26)(H,23,24,27). The Morgan fingerprint density at radius 1 is 1.23 bits per heavy atom. The normalized spacial score (nSPS) is 13.3. The van der Waals surface area contributed by atoms with E-state index in [1.807, 2.05) is 18.2 Å². The summed E-state index contributed by atoms with van der Waals surface area (Å²) in [5, 5.41) is 6.15. The Hall–Kier alpha value is -2.85. The summed E-state index contributed by atoms with van der Waals surface area (Å²) < 4.78 is 15.4. The van der Waals surface area contributed by atoms with Crippen molar-refractivity contribution in [1.82, 2.24) is 15.2 Å². The molecule has 2 N–H and O–H groups in total. The molecule has 0 saturated heterocycles. The molecular formula is C21H28N4O5S. The predicted octanol–water partition coefficient (Wildman–Crippen LogP) is 2.45. The molecule has 0 saturated carbocycles. The number of ether oxygens (including phenoxy) is 3.